The Hall–Kier alpha value is -6.96. The lowest BCUT2D eigenvalue weighted by Gasteiger charge is -2.26. The fourth-order valence-electron chi connectivity index (χ4n) is 9.64. The van der Waals surface area contributed by atoms with Crippen molar-refractivity contribution >= 4 is 69.6 Å². The van der Waals surface area contributed by atoms with Gasteiger partial charge >= 0.3 is 0 Å². The first-order valence-electron chi connectivity index (χ1n) is 27.8. The zero-order chi connectivity index (χ0) is 57.9. The molecule has 0 spiro atoms. The van der Waals surface area contributed by atoms with E-state index in [0.717, 1.165) is 22.0 Å². The fourth-order valence-corrected chi connectivity index (χ4v) is 9.64. The first kappa shape index (κ1) is 65.3. The van der Waals surface area contributed by atoms with Crippen LogP contribution in [0.3, 0.4) is 0 Å². The summed E-state index contributed by atoms with van der Waals surface area (Å²) in [6.45, 7) is 11.9. The number of carbonyl (C=O) groups is 8. The van der Waals surface area contributed by atoms with Gasteiger partial charge in [-0.1, -0.05) is 103 Å². The second kappa shape index (κ2) is 34.0. The van der Waals surface area contributed by atoms with E-state index in [1.807, 2.05) is 82.3 Å². The normalized spacial score (nSPS) is 14.8. The number of nitrogens with one attached hydrogen (secondary N) is 4. The van der Waals surface area contributed by atoms with E-state index in [1.54, 1.807) is 20.0 Å². The van der Waals surface area contributed by atoms with Crippen LogP contribution in [-0.4, -0.2) is 101 Å². The van der Waals surface area contributed by atoms with Gasteiger partial charge in [0.2, 0.25) is 23.6 Å². The number of benzene rings is 2. The lowest BCUT2D eigenvalue weighted by atomic mass is 9.84. The minimum atomic E-state index is -1.16. The van der Waals surface area contributed by atoms with Crippen LogP contribution in [0, 0.1) is 41.4 Å². The predicted molar refractivity (Wildman–Crippen MR) is 306 cm³/mol. The summed E-state index contributed by atoms with van der Waals surface area (Å²) >= 11 is 0. The number of hydrogen-bond donors (Lipinski definition) is 10. The lowest BCUT2D eigenvalue weighted by molar-refractivity contribution is -0.136. The molecule has 0 radical (unpaired) electrons. The van der Waals surface area contributed by atoms with E-state index in [2.05, 4.69) is 30.9 Å². The number of para-hydroxylation sites is 1. The number of aromatic nitrogens is 1. The number of Topliss-reactive ketones (excluding diaryl/α,β-unsaturated/α-hetero) is 4. The van der Waals surface area contributed by atoms with Crippen LogP contribution in [0.5, 0.6) is 0 Å². The summed E-state index contributed by atoms with van der Waals surface area (Å²) in [6.07, 6.45) is 4.90. The van der Waals surface area contributed by atoms with Crippen molar-refractivity contribution in [3.8, 4) is 0 Å². The summed E-state index contributed by atoms with van der Waals surface area (Å²) in [5, 5.41) is 9.61. The SMILES string of the molecule is CC[C@H](C)C(CC(=O)[C@H](Cc1ccccc1)NC(=O)[C@H](C)CC(=O)[C@H](Cc1c[nH]c2ccccc12)NC(=O)[C@H](CCCCN)CC(=O)[C@H](CCCN=C(N)N)NC(=O)[C@@H](CC(=O)[C@@H](C)CCCN=C(N)N)CC(C)C)C(N)=O. The number of H-pyrrole nitrogens is 1. The molecule has 20 heteroatoms. The highest BCUT2D eigenvalue weighted by atomic mass is 16.2. The molecule has 0 saturated carbocycles. The Morgan fingerprint density at radius 1 is 0.564 bits per heavy atom. The molecule has 0 aliphatic carbocycles. The van der Waals surface area contributed by atoms with Crippen LogP contribution in [0.4, 0.5) is 0 Å². The van der Waals surface area contributed by atoms with Gasteiger partial charge in [-0.25, -0.2) is 0 Å². The van der Waals surface area contributed by atoms with Crippen molar-refractivity contribution in [2.24, 2.45) is 85.8 Å². The van der Waals surface area contributed by atoms with Crippen LogP contribution in [0.25, 0.3) is 10.9 Å². The topological polar surface area (TPSA) is 369 Å². The standard InChI is InChI=1S/C58H90N12O8/c1-7-36(4)44(53(60)75)33-52(74)47(29-39-18-9-8-10-19-39)69-54(76)38(6)28-50(72)48(30-42-34-67-45-22-12-11-21-43(42)45)70-55(77)40(20-13-14-24-59)31-51(73)46(23-16-26-66-58(63)64)68-56(78)41(27-35(2)3)32-49(71)37(5)17-15-25-65-57(61)62/h8-12,18-19,21-22,34-38,40-41,44,46-48,67H,7,13-17,20,23-33,59H2,1-6H3,(H2,60,75)(H,68,78)(H,69,76)(H,70,77)(H4,61,62,65)(H4,63,64,66)/t36-,37-,38+,40+,41+,44?,46-,47-,48-/m0/s1. The maximum Gasteiger partial charge on any atom is 0.224 e. The summed E-state index contributed by atoms with van der Waals surface area (Å²) in [7, 11) is 0. The summed E-state index contributed by atoms with van der Waals surface area (Å²) < 4.78 is 0. The van der Waals surface area contributed by atoms with E-state index in [4.69, 9.17) is 34.4 Å². The first-order valence-corrected chi connectivity index (χ1v) is 27.8. The fraction of sp³-hybridized carbons (Fsp3) is 0.586. The number of nitrogens with zero attached hydrogens (tertiary/aromatic N) is 2. The van der Waals surface area contributed by atoms with Gasteiger partial charge in [-0.05, 0) is 86.9 Å². The Balaban J connectivity index is 1.95. The number of amides is 4. The van der Waals surface area contributed by atoms with Gasteiger partial charge in [-0.3, -0.25) is 48.3 Å². The number of hydrogen-bond acceptors (Lipinski definition) is 11. The highest BCUT2D eigenvalue weighted by Gasteiger charge is 2.35. The number of aliphatic imine (C=N–C) groups is 2. The van der Waals surface area contributed by atoms with Crippen molar-refractivity contribution < 1.29 is 38.4 Å². The van der Waals surface area contributed by atoms with Crippen molar-refractivity contribution in [3.05, 3.63) is 71.9 Å². The highest BCUT2D eigenvalue weighted by Crippen LogP contribution is 2.25. The molecule has 0 aliphatic heterocycles. The molecule has 2 aromatic carbocycles. The number of ketones is 4. The maximum atomic E-state index is 14.7. The lowest BCUT2D eigenvalue weighted by Crippen LogP contribution is -2.49. The van der Waals surface area contributed by atoms with Crippen molar-refractivity contribution in [3.63, 3.8) is 0 Å². The van der Waals surface area contributed by atoms with Gasteiger partial charge in [0.05, 0.1) is 18.1 Å². The maximum absolute atomic E-state index is 14.7. The van der Waals surface area contributed by atoms with Crippen molar-refractivity contribution in [1.29, 1.82) is 0 Å². The number of unbranched alkanes of at least 4 members (excludes halogenated alkanes) is 1. The van der Waals surface area contributed by atoms with E-state index in [9.17, 15) is 38.4 Å². The molecule has 430 valence electrons. The Morgan fingerprint density at radius 3 is 1.73 bits per heavy atom. The van der Waals surface area contributed by atoms with Crippen molar-refractivity contribution in [2.45, 2.75) is 156 Å². The number of carbonyl (C=O) groups excluding carboxylic acids is 8. The van der Waals surface area contributed by atoms with Gasteiger partial charge in [0, 0.05) is 91.9 Å². The number of rotatable bonds is 39. The van der Waals surface area contributed by atoms with Crippen molar-refractivity contribution in [2.75, 3.05) is 19.6 Å². The van der Waals surface area contributed by atoms with E-state index in [1.165, 1.54) is 0 Å². The predicted octanol–water partition coefficient (Wildman–Crippen LogP) is 4.18. The summed E-state index contributed by atoms with van der Waals surface area (Å²) in [5.74, 6) is -7.64. The van der Waals surface area contributed by atoms with E-state index in [0.29, 0.717) is 58.0 Å². The minimum absolute atomic E-state index is 0.0334. The number of primary amides is 1. The molecule has 78 heavy (non-hydrogen) atoms. The summed E-state index contributed by atoms with van der Waals surface area (Å²) in [5.41, 5.74) is 36.0. The van der Waals surface area contributed by atoms with Crippen LogP contribution in [0.1, 0.15) is 136 Å². The van der Waals surface area contributed by atoms with Crippen LogP contribution < -0.4 is 50.4 Å². The largest absolute Gasteiger partial charge is 0.370 e. The van der Waals surface area contributed by atoms with E-state index in [-0.39, 0.29) is 99.2 Å². The number of fused-ring (bicyclic) bond motifs is 1. The van der Waals surface area contributed by atoms with Gasteiger partial charge < -0.3 is 55.3 Å². The summed E-state index contributed by atoms with van der Waals surface area (Å²) in [6, 6.07) is 13.4. The van der Waals surface area contributed by atoms with Crippen LogP contribution in [-0.2, 0) is 51.2 Å². The first-order chi connectivity index (χ1) is 37.0. The average Bonchev–Trinajstić information content (AvgIpc) is 3.82. The third-order valence-corrected chi connectivity index (χ3v) is 14.6. The molecule has 1 aromatic heterocycles. The minimum Gasteiger partial charge on any atom is -0.370 e. The Morgan fingerprint density at radius 2 is 1.12 bits per heavy atom. The Kier molecular flexibility index (Phi) is 28.5. The van der Waals surface area contributed by atoms with Gasteiger partial charge in [0.15, 0.2) is 29.3 Å². The third kappa shape index (κ3) is 22.9. The number of nitrogens with two attached hydrogens (primary N) is 6. The van der Waals surface area contributed by atoms with Crippen LogP contribution in [0.2, 0.25) is 0 Å². The molecule has 4 amide bonds. The van der Waals surface area contributed by atoms with Crippen LogP contribution in [0.15, 0.2) is 70.8 Å². The molecule has 20 nitrogen and oxygen atoms in total. The van der Waals surface area contributed by atoms with Gasteiger partial charge in [-0.2, -0.15) is 0 Å². The summed E-state index contributed by atoms with van der Waals surface area (Å²) in [4.78, 5) is 123. The Labute approximate surface area is 460 Å². The number of guanidine groups is 2. The van der Waals surface area contributed by atoms with Crippen molar-refractivity contribution in [1.82, 2.24) is 20.9 Å². The molecule has 16 N–H and O–H groups in total. The molecular formula is C58H90N12O8. The van der Waals surface area contributed by atoms with Gasteiger partial charge in [0.25, 0.3) is 0 Å². The Bertz CT molecular complexity index is 2480. The second-order valence-corrected chi connectivity index (χ2v) is 21.5. The molecule has 0 bridgehead atoms. The molecular weight excluding hydrogens is 993 g/mol. The van der Waals surface area contributed by atoms with E-state index >= 15 is 0 Å². The van der Waals surface area contributed by atoms with E-state index < -0.39 is 77.0 Å². The second-order valence-electron chi connectivity index (χ2n) is 21.5. The molecule has 3 aromatic rings. The third-order valence-electron chi connectivity index (χ3n) is 14.6. The molecule has 0 fully saturated rings. The highest BCUT2D eigenvalue weighted by molar-refractivity contribution is 5.98. The molecule has 0 saturated heterocycles. The van der Waals surface area contributed by atoms with Crippen LogP contribution >= 0.6 is 0 Å². The van der Waals surface area contributed by atoms with Gasteiger partial charge in [0.1, 0.15) is 5.78 Å². The zero-order valence-corrected chi connectivity index (χ0v) is 46.9. The molecule has 9 atom stereocenters. The molecule has 3 rings (SSSR count). The quantitative estimate of drug-likeness (QED) is 0.0218. The number of aromatic amines is 1. The smallest absolute Gasteiger partial charge is 0.224 e. The monoisotopic (exact) mass is 1080 g/mol. The molecule has 1 unspecified atom stereocenters. The average molecular weight is 1080 g/mol. The molecule has 1 heterocycles. The molecule has 0 aliphatic rings. The van der Waals surface area contributed by atoms with Gasteiger partial charge in [-0.15, -0.1) is 0 Å². The zero-order valence-electron chi connectivity index (χ0n) is 46.9.